The maximum absolute atomic E-state index is 11.5. The molecule has 0 amide bonds. The minimum Gasteiger partial charge on any atom is -0.471 e. The zero-order valence-corrected chi connectivity index (χ0v) is 11.3. The van der Waals surface area contributed by atoms with Crippen LogP contribution in [0.4, 0.5) is 0 Å². The Bertz CT molecular complexity index is 596. The molecule has 0 bridgehead atoms. The lowest BCUT2D eigenvalue weighted by molar-refractivity contribution is 0.124. The van der Waals surface area contributed by atoms with Gasteiger partial charge >= 0.3 is 0 Å². The van der Waals surface area contributed by atoms with Gasteiger partial charge in [-0.05, 0) is 12.8 Å². The highest BCUT2D eigenvalue weighted by Gasteiger charge is 2.27. The molecule has 102 valence electrons. The van der Waals surface area contributed by atoms with Crippen molar-refractivity contribution in [2.45, 2.75) is 18.9 Å². The number of hydrogen-bond donors (Lipinski definition) is 0. The lowest BCUT2D eigenvalue weighted by Gasteiger charge is -2.30. The largest absolute Gasteiger partial charge is 0.471 e. The molecule has 0 radical (unpaired) electrons. The number of rotatable bonds is 3. The molecule has 19 heavy (non-hydrogen) atoms. The Kier molecular flexibility index (Phi) is 3.97. The summed E-state index contributed by atoms with van der Waals surface area (Å²) in [6, 6.07) is 1.90. The van der Waals surface area contributed by atoms with Crippen LogP contribution in [0.25, 0.3) is 0 Å². The molecular weight excluding hydrogens is 268 g/mol. The maximum Gasteiger partial charge on any atom is 0.251 e. The molecule has 8 heteroatoms. The van der Waals surface area contributed by atoms with Gasteiger partial charge in [-0.25, -0.2) is 18.4 Å². The summed E-state index contributed by atoms with van der Waals surface area (Å²) in [7, 11) is -3.21. The van der Waals surface area contributed by atoms with Gasteiger partial charge in [0.15, 0.2) is 0 Å². The third kappa shape index (κ3) is 3.39. The first-order valence-corrected chi connectivity index (χ1v) is 7.68. The molecule has 7 nitrogen and oxygen atoms in total. The Balaban J connectivity index is 2.09. The summed E-state index contributed by atoms with van der Waals surface area (Å²) in [5.74, 6) is 0.158. The van der Waals surface area contributed by atoms with E-state index in [0.717, 1.165) is 12.8 Å². The van der Waals surface area contributed by atoms with E-state index in [4.69, 9.17) is 10.00 Å². The van der Waals surface area contributed by atoms with Gasteiger partial charge in [-0.1, -0.05) is 0 Å². The van der Waals surface area contributed by atoms with Gasteiger partial charge in [0.1, 0.15) is 12.2 Å². The van der Waals surface area contributed by atoms with Crippen LogP contribution in [0.5, 0.6) is 5.88 Å². The number of nitriles is 1. The average molecular weight is 282 g/mol. The summed E-state index contributed by atoms with van der Waals surface area (Å²) in [5, 5.41) is 8.89. The van der Waals surface area contributed by atoms with Gasteiger partial charge in [0.25, 0.3) is 5.88 Å². The quantitative estimate of drug-likeness (QED) is 0.783. The van der Waals surface area contributed by atoms with E-state index in [1.807, 2.05) is 6.07 Å². The zero-order valence-electron chi connectivity index (χ0n) is 10.5. The Labute approximate surface area is 111 Å². The van der Waals surface area contributed by atoms with Crippen molar-refractivity contribution >= 4 is 10.0 Å². The Morgan fingerprint density at radius 3 is 2.89 bits per heavy atom. The van der Waals surface area contributed by atoms with Crippen LogP contribution in [0.1, 0.15) is 18.5 Å². The van der Waals surface area contributed by atoms with E-state index in [0.29, 0.717) is 6.54 Å². The number of sulfonamides is 1. The SMILES string of the molecule is CS(=O)(=O)N1CCC[C@H](Oc2nccnc2C#N)C1. The van der Waals surface area contributed by atoms with Crippen LogP contribution in [-0.4, -0.2) is 48.1 Å². The average Bonchev–Trinajstić information content (AvgIpc) is 2.39. The van der Waals surface area contributed by atoms with Crippen LogP contribution in [0, 0.1) is 11.3 Å². The molecule has 1 aromatic heterocycles. The standard InChI is InChI=1S/C11H14N4O3S/c1-19(16,17)15-6-2-3-9(8-15)18-11-10(7-12)13-4-5-14-11/h4-5,9H,2-3,6,8H2,1H3/t9-/m0/s1. The first-order chi connectivity index (χ1) is 9.00. The highest BCUT2D eigenvalue weighted by atomic mass is 32.2. The lowest BCUT2D eigenvalue weighted by atomic mass is 10.1. The number of piperidine rings is 1. The van der Waals surface area contributed by atoms with E-state index in [1.165, 1.54) is 23.0 Å². The third-order valence-electron chi connectivity index (χ3n) is 2.86. The van der Waals surface area contributed by atoms with Crippen molar-refractivity contribution in [2.75, 3.05) is 19.3 Å². The molecule has 1 atom stereocenters. The Morgan fingerprint density at radius 2 is 2.21 bits per heavy atom. The summed E-state index contributed by atoms with van der Waals surface area (Å²) in [6.07, 6.45) is 5.18. The molecule has 0 unspecified atom stereocenters. The number of aromatic nitrogens is 2. The van der Waals surface area contributed by atoms with Crippen molar-refractivity contribution in [2.24, 2.45) is 0 Å². The van der Waals surface area contributed by atoms with Crippen molar-refractivity contribution in [1.82, 2.24) is 14.3 Å². The fourth-order valence-corrected chi connectivity index (χ4v) is 2.85. The van der Waals surface area contributed by atoms with E-state index >= 15 is 0 Å². The van der Waals surface area contributed by atoms with Crippen LogP contribution >= 0.6 is 0 Å². The second-order valence-corrected chi connectivity index (χ2v) is 6.31. The van der Waals surface area contributed by atoms with E-state index < -0.39 is 10.0 Å². The summed E-state index contributed by atoms with van der Waals surface area (Å²) in [4.78, 5) is 7.81. The smallest absolute Gasteiger partial charge is 0.251 e. The van der Waals surface area contributed by atoms with Gasteiger partial charge in [-0.2, -0.15) is 9.57 Å². The molecule has 0 spiro atoms. The molecular formula is C11H14N4O3S. The van der Waals surface area contributed by atoms with E-state index in [9.17, 15) is 8.42 Å². The molecule has 2 heterocycles. The zero-order chi connectivity index (χ0) is 13.9. The highest BCUT2D eigenvalue weighted by Crippen LogP contribution is 2.19. The predicted octanol–water partition coefficient (Wildman–Crippen LogP) is 0.151. The van der Waals surface area contributed by atoms with Crippen molar-refractivity contribution < 1.29 is 13.2 Å². The number of hydrogen-bond acceptors (Lipinski definition) is 6. The normalized spacial score (nSPS) is 20.7. The van der Waals surface area contributed by atoms with Crippen LogP contribution in [0.15, 0.2) is 12.4 Å². The second-order valence-electron chi connectivity index (χ2n) is 4.32. The van der Waals surface area contributed by atoms with Crippen molar-refractivity contribution in [3.8, 4) is 11.9 Å². The molecule has 1 fully saturated rings. The first kappa shape index (κ1) is 13.7. The van der Waals surface area contributed by atoms with E-state index in [2.05, 4.69) is 9.97 Å². The monoisotopic (exact) mass is 282 g/mol. The maximum atomic E-state index is 11.5. The molecule has 0 aliphatic carbocycles. The molecule has 0 N–H and O–H groups in total. The minimum absolute atomic E-state index is 0.110. The summed E-state index contributed by atoms with van der Waals surface area (Å²) >= 11 is 0. The molecule has 1 aliphatic heterocycles. The summed E-state index contributed by atoms with van der Waals surface area (Å²) in [5.41, 5.74) is 0.110. The van der Waals surface area contributed by atoms with Crippen molar-refractivity contribution in [1.29, 1.82) is 5.26 Å². The van der Waals surface area contributed by atoms with Crippen LogP contribution < -0.4 is 4.74 Å². The van der Waals surface area contributed by atoms with Gasteiger partial charge in [-0.15, -0.1) is 0 Å². The molecule has 1 aromatic rings. The van der Waals surface area contributed by atoms with Gasteiger partial charge in [-0.3, -0.25) is 0 Å². The summed E-state index contributed by atoms with van der Waals surface area (Å²) < 4.78 is 30.0. The predicted molar refractivity (Wildman–Crippen MR) is 66.8 cm³/mol. The van der Waals surface area contributed by atoms with E-state index in [1.54, 1.807) is 0 Å². The Hall–Kier alpha value is -1.72. The fourth-order valence-electron chi connectivity index (χ4n) is 1.95. The van der Waals surface area contributed by atoms with Gasteiger partial charge in [0.05, 0.1) is 12.8 Å². The second kappa shape index (κ2) is 5.50. The molecule has 1 saturated heterocycles. The van der Waals surface area contributed by atoms with Crippen LogP contribution in [0.3, 0.4) is 0 Å². The fraction of sp³-hybridized carbons (Fsp3) is 0.545. The van der Waals surface area contributed by atoms with Gasteiger partial charge in [0, 0.05) is 18.9 Å². The van der Waals surface area contributed by atoms with Gasteiger partial charge in [0.2, 0.25) is 15.7 Å². The topological polar surface area (TPSA) is 96.2 Å². The van der Waals surface area contributed by atoms with Crippen LogP contribution in [0.2, 0.25) is 0 Å². The van der Waals surface area contributed by atoms with Crippen LogP contribution in [-0.2, 0) is 10.0 Å². The van der Waals surface area contributed by atoms with E-state index in [-0.39, 0.29) is 24.2 Å². The Morgan fingerprint density at radius 1 is 1.47 bits per heavy atom. The molecule has 0 aromatic carbocycles. The molecule has 2 rings (SSSR count). The first-order valence-electron chi connectivity index (χ1n) is 5.83. The minimum atomic E-state index is -3.21. The third-order valence-corrected chi connectivity index (χ3v) is 4.13. The molecule has 0 saturated carbocycles. The summed E-state index contributed by atoms with van der Waals surface area (Å²) in [6.45, 7) is 0.782. The van der Waals surface area contributed by atoms with Crippen molar-refractivity contribution in [3.63, 3.8) is 0 Å². The highest BCUT2D eigenvalue weighted by molar-refractivity contribution is 7.88. The number of nitrogens with zero attached hydrogens (tertiary/aromatic N) is 4. The lowest BCUT2D eigenvalue weighted by Crippen LogP contribution is -2.44. The molecule has 1 aliphatic rings. The van der Waals surface area contributed by atoms with Crippen molar-refractivity contribution in [3.05, 3.63) is 18.1 Å². The number of ether oxygens (including phenoxy) is 1. The van der Waals surface area contributed by atoms with Gasteiger partial charge < -0.3 is 4.74 Å².